The molecule has 3 rings (SSSR count). The summed E-state index contributed by atoms with van der Waals surface area (Å²) in [7, 11) is 0. The van der Waals surface area contributed by atoms with Crippen molar-refractivity contribution in [1.29, 1.82) is 0 Å². The summed E-state index contributed by atoms with van der Waals surface area (Å²) < 4.78 is 0. The van der Waals surface area contributed by atoms with Gasteiger partial charge in [-0.1, -0.05) is 30.3 Å². The molecule has 22 heavy (non-hydrogen) atoms. The van der Waals surface area contributed by atoms with E-state index in [1.807, 2.05) is 30.3 Å². The molecule has 2 heterocycles. The van der Waals surface area contributed by atoms with Gasteiger partial charge in [0, 0.05) is 5.75 Å². The number of carbonyl (C=O) groups is 3. The van der Waals surface area contributed by atoms with Gasteiger partial charge in [-0.05, 0) is 5.56 Å². The van der Waals surface area contributed by atoms with Gasteiger partial charge in [-0.2, -0.15) is 0 Å². The number of benzene rings is 1. The molecule has 0 aliphatic carbocycles. The van der Waals surface area contributed by atoms with Gasteiger partial charge in [-0.15, -0.1) is 11.8 Å². The Bertz CT molecular complexity index is 671. The molecule has 0 aromatic heterocycles. The van der Waals surface area contributed by atoms with Crippen molar-refractivity contribution >= 4 is 29.5 Å². The third-order valence-electron chi connectivity index (χ3n) is 3.55. The third-order valence-corrected chi connectivity index (χ3v) is 4.77. The van der Waals surface area contributed by atoms with Crippen molar-refractivity contribution in [2.75, 3.05) is 5.75 Å². The molecular weight excluding hydrogens is 304 g/mol. The molecule has 0 bridgehead atoms. The molecule has 1 fully saturated rings. The van der Waals surface area contributed by atoms with Crippen molar-refractivity contribution in [2.24, 2.45) is 0 Å². The van der Waals surface area contributed by atoms with Crippen LogP contribution >= 0.6 is 11.8 Å². The summed E-state index contributed by atoms with van der Waals surface area (Å²) in [5, 5.41) is 11.9. The van der Waals surface area contributed by atoms with Gasteiger partial charge in [0.2, 0.25) is 11.8 Å². The number of aliphatic carboxylic acids is 1. The second-order valence-electron chi connectivity index (χ2n) is 5.08. The molecule has 1 saturated heterocycles. The van der Waals surface area contributed by atoms with Gasteiger partial charge < -0.3 is 10.4 Å². The van der Waals surface area contributed by atoms with E-state index in [-0.39, 0.29) is 29.3 Å². The number of fused-ring (bicyclic) bond motifs is 1. The number of rotatable bonds is 4. The number of β-lactam (4-membered cyclic amide) rings is 1. The molecule has 7 heteroatoms. The van der Waals surface area contributed by atoms with Gasteiger partial charge in [-0.3, -0.25) is 14.5 Å². The number of carboxylic acids is 1. The highest BCUT2D eigenvalue weighted by Gasteiger charge is 2.45. The summed E-state index contributed by atoms with van der Waals surface area (Å²) in [5.74, 6) is -1.30. The van der Waals surface area contributed by atoms with Crippen molar-refractivity contribution in [3.63, 3.8) is 0 Å². The molecule has 1 aromatic rings. The number of nitrogens with one attached hydrogen (secondary N) is 1. The van der Waals surface area contributed by atoms with Crippen LogP contribution < -0.4 is 5.32 Å². The highest BCUT2D eigenvalue weighted by atomic mass is 32.2. The summed E-state index contributed by atoms with van der Waals surface area (Å²) >= 11 is 1.46. The van der Waals surface area contributed by atoms with E-state index < -0.39 is 5.97 Å². The van der Waals surface area contributed by atoms with Crippen LogP contribution in [0.3, 0.4) is 0 Å². The van der Waals surface area contributed by atoms with Gasteiger partial charge in [-0.25, -0.2) is 4.79 Å². The fraction of sp³-hybridized carbons (Fsp3) is 0.267. The Balaban J connectivity index is 1.77. The van der Waals surface area contributed by atoms with E-state index in [1.54, 1.807) is 0 Å². The van der Waals surface area contributed by atoms with E-state index in [4.69, 9.17) is 0 Å². The quantitative estimate of drug-likeness (QED) is 0.807. The average Bonchev–Trinajstić information content (AvgIpc) is 2.48. The number of nitrogens with zero attached hydrogens (tertiary/aromatic N) is 1. The molecule has 114 valence electrons. The average molecular weight is 318 g/mol. The maximum atomic E-state index is 12.1. The van der Waals surface area contributed by atoms with Crippen LogP contribution in [-0.2, 0) is 20.8 Å². The van der Waals surface area contributed by atoms with Crippen molar-refractivity contribution in [1.82, 2.24) is 10.2 Å². The molecule has 6 nitrogen and oxygen atoms in total. The molecule has 2 amide bonds. The molecule has 0 spiro atoms. The molecule has 2 aliphatic rings. The van der Waals surface area contributed by atoms with Crippen LogP contribution in [-0.4, -0.2) is 38.9 Å². The number of hydrogen-bond donors (Lipinski definition) is 2. The normalized spacial score (nSPS) is 20.3. The smallest absolute Gasteiger partial charge is 0.354 e. The Morgan fingerprint density at radius 3 is 2.68 bits per heavy atom. The predicted octanol–water partition coefficient (Wildman–Crippen LogP) is 0.947. The van der Waals surface area contributed by atoms with Crippen molar-refractivity contribution in [3.8, 4) is 0 Å². The number of amides is 2. The molecule has 1 unspecified atom stereocenters. The molecule has 0 radical (unpaired) electrons. The van der Waals surface area contributed by atoms with E-state index >= 15 is 0 Å². The molecule has 2 aliphatic heterocycles. The first-order chi connectivity index (χ1) is 10.6. The monoisotopic (exact) mass is 318 g/mol. The SMILES string of the molecule is O=C(Cc1ccccc1)NC1=C(C(=O)O)N2C(=O)CC2SC1. The first-order valence-corrected chi connectivity index (χ1v) is 7.85. The zero-order chi connectivity index (χ0) is 15.7. The van der Waals surface area contributed by atoms with E-state index in [0.717, 1.165) is 5.56 Å². The Morgan fingerprint density at radius 1 is 1.32 bits per heavy atom. The summed E-state index contributed by atoms with van der Waals surface area (Å²) in [6, 6.07) is 9.20. The third kappa shape index (κ3) is 2.71. The topological polar surface area (TPSA) is 86.7 Å². The van der Waals surface area contributed by atoms with Crippen LogP contribution in [0.2, 0.25) is 0 Å². The number of carboxylic acid groups (broad SMARTS) is 1. The summed E-state index contributed by atoms with van der Waals surface area (Å²) in [4.78, 5) is 36.4. The minimum atomic E-state index is -1.19. The predicted molar refractivity (Wildman–Crippen MR) is 80.7 cm³/mol. The van der Waals surface area contributed by atoms with E-state index in [9.17, 15) is 19.5 Å². The first kappa shape index (κ1) is 14.6. The first-order valence-electron chi connectivity index (χ1n) is 6.80. The fourth-order valence-corrected chi connectivity index (χ4v) is 3.70. The standard InChI is InChI=1S/C15H14N2O4S/c18-11(6-9-4-2-1-3-5-9)16-10-8-22-13-7-12(19)17(13)14(10)15(20)21/h1-5,13H,6-8H2,(H,16,18)(H,20,21). The lowest BCUT2D eigenvalue weighted by molar-refractivity contribution is -0.146. The van der Waals surface area contributed by atoms with E-state index in [1.165, 1.54) is 16.7 Å². The van der Waals surface area contributed by atoms with E-state index in [2.05, 4.69) is 5.32 Å². The lowest BCUT2D eigenvalue weighted by Gasteiger charge is -2.43. The van der Waals surface area contributed by atoms with E-state index in [0.29, 0.717) is 17.9 Å². The van der Waals surface area contributed by atoms with Crippen molar-refractivity contribution < 1.29 is 19.5 Å². The van der Waals surface area contributed by atoms with Crippen LogP contribution in [0.4, 0.5) is 0 Å². The number of thioether (sulfide) groups is 1. The van der Waals surface area contributed by atoms with Crippen molar-refractivity contribution in [3.05, 3.63) is 47.3 Å². The van der Waals surface area contributed by atoms with Gasteiger partial charge in [0.15, 0.2) is 5.70 Å². The molecule has 1 aromatic carbocycles. The Morgan fingerprint density at radius 2 is 2.05 bits per heavy atom. The highest BCUT2D eigenvalue weighted by molar-refractivity contribution is 8.00. The summed E-state index contributed by atoms with van der Waals surface area (Å²) in [5.41, 5.74) is 1.04. The minimum absolute atomic E-state index is 0.0959. The second kappa shape index (κ2) is 5.84. The molecule has 0 saturated carbocycles. The largest absolute Gasteiger partial charge is 0.477 e. The van der Waals surface area contributed by atoms with Crippen LogP contribution in [0.15, 0.2) is 41.7 Å². The second-order valence-corrected chi connectivity index (χ2v) is 6.24. The summed E-state index contributed by atoms with van der Waals surface area (Å²) in [6.45, 7) is 0. The highest BCUT2D eigenvalue weighted by Crippen LogP contribution is 2.39. The van der Waals surface area contributed by atoms with Crippen LogP contribution in [0, 0.1) is 0 Å². The zero-order valence-electron chi connectivity index (χ0n) is 11.6. The summed E-state index contributed by atoms with van der Waals surface area (Å²) in [6.07, 6.45) is 0.520. The fourth-order valence-electron chi connectivity index (χ4n) is 2.50. The van der Waals surface area contributed by atoms with Gasteiger partial charge in [0.25, 0.3) is 0 Å². The molecule has 2 N–H and O–H groups in total. The molecule has 1 atom stereocenters. The number of carbonyl (C=O) groups excluding carboxylic acids is 2. The van der Waals surface area contributed by atoms with Gasteiger partial charge >= 0.3 is 5.97 Å². The van der Waals surface area contributed by atoms with Crippen LogP contribution in [0.25, 0.3) is 0 Å². The Kier molecular flexibility index (Phi) is 3.89. The van der Waals surface area contributed by atoms with Crippen molar-refractivity contribution in [2.45, 2.75) is 18.2 Å². The Hall–Kier alpha value is -2.28. The minimum Gasteiger partial charge on any atom is -0.477 e. The van der Waals surface area contributed by atoms with Gasteiger partial charge in [0.05, 0.1) is 23.9 Å². The van der Waals surface area contributed by atoms with Crippen LogP contribution in [0.5, 0.6) is 0 Å². The maximum absolute atomic E-state index is 12.1. The van der Waals surface area contributed by atoms with Gasteiger partial charge in [0.1, 0.15) is 0 Å². The molecular formula is C15H14N2O4S. The number of hydrogen-bond acceptors (Lipinski definition) is 4. The maximum Gasteiger partial charge on any atom is 0.354 e. The van der Waals surface area contributed by atoms with Crippen LogP contribution in [0.1, 0.15) is 12.0 Å². The lowest BCUT2D eigenvalue weighted by atomic mass is 10.1. The lowest BCUT2D eigenvalue weighted by Crippen LogP contribution is -2.55. The Labute approximate surface area is 131 Å². The zero-order valence-corrected chi connectivity index (χ0v) is 12.4.